The van der Waals surface area contributed by atoms with Crippen LogP contribution in [0.4, 0.5) is 0 Å². The summed E-state index contributed by atoms with van der Waals surface area (Å²) in [7, 11) is 0. The summed E-state index contributed by atoms with van der Waals surface area (Å²) in [6.45, 7) is 0.135. The zero-order valence-electron chi connectivity index (χ0n) is 17.0. The Morgan fingerprint density at radius 1 is 1.28 bits per heavy atom. The minimum atomic E-state index is -0.624. The van der Waals surface area contributed by atoms with Crippen molar-refractivity contribution in [3.8, 4) is 0 Å². The quantitative estimate of drug-likeness (QED) is 0.261. The van der Waals surface area contributed by atoms with Crippen molar-refractivity contribution >= 4 is 52.6 Å². The summed E-state index contributed by atoms with van der Waals surface area (Å²) >= 11 is 7.07. The van der Waals surface area contributed by atoms with Crippen LogP contribution in [0.5, 0.6) is 0 Å². The highest BCUT2D eigenvalue weighted by Gasteiger charge is 2.51. The largest absolute Gasteiger partial charge is 0.384 e. The fraction of sp³-hybridized carbons (Fsp3) is 0.217. The van der Waals surface area contributed by atoms with Crippen molar-refractivity contribution in [1.82, 2.24) is 10.2 Å². The molecule has 1 aliphatic carbocycles. The molecule has 1 aromatic heterocycles. The first-order chi connectivity index (χ1) is 15.3. The summed E-state index contributed by atoms with van der Waals surface area (Å²) < 4.78 is 0.506. The van der Waals surface area contributed by atoms with E-state index in [0.29, 0.717) is 21.2 Å². The minimum absolute atomic E-state index is 0.0281. The average molecular weight is 469 g/mol. The van der Waals surface area contributed by atoms with Gasteiger partial charge >= 0.3 is 0 Å². The lowest BCUT2D eigenvalue weighted by atomic mass is 9.81. The first-order valence-electron chi connectivity index (χ1n) is 10.0. The maximum absolute atomic E-state index is 13.1. The van der Waals surface area contributed by atoms with Gasteiger partial charge < -0.3 is 11.1 Å². The van der Waals surface area contributed by atoms with Crippen LogP contribution in [0.15, 0.2) is 54.6 Å². The van der Waals surface area contributed by atoms with Crippen LogP contribution >= 0.6 is 22.9 Å². The van der Waals surface area contributed by atoms with Crippen LogP contribution < -0.4 is 11.1 Å². The SMILES string of the molecule is N=C(N)c1cccc(/C=C/CN2C(=O)[C@H]3[C@H](CC=C[C@H]3NC(=O)c3ccc(Cl)s3)C2=O)c1. The molecule has 1 fully saturated rings. The number of thiophene rings is 1. The number of rotatable bonds is 6. The molecule has 4 rings (SSSR count). The summed E-state index contributed by atoms with van der Waals surface area (Å²) in [5.41, 5.74) is 6.94. The molecule has 0 saturated carbocycles. The van der Waals surface area contributed by atoms with Gasteiger partial charge in [-0.1, -0.05) is 54.1 Å². The number of nitrogens with one attached hydrogen (secondary N) is 2. The number of hydrogen-bond donors (Lipinski definition) is 3. The van der Waals surface area contributed by atoms with Crippen LogP contribution in [-0.2, 0) is 9.59 Å². The fourth-order valence-corrected chi connectivity index (χ4v) is 4.98. The lowest BCUT2D eigenvalue weighted by molar-refractivity contribution is -0.139. The van der Waals surface area contributed by atoms with E-state index >= 15 is 0 Å². The highest BCUT2D eigenvalue weighted by Crippen LogP contribution is 2.35. The topological polar surface area (TPSA) is 116 Å². The molecule has 1 saturated heterocycles. The molecular weight excluding hydrogens is 448 g/mol. The van der Waals surface area contributed by atoms with Crippen molar-refractivity contribution in [2.24, 2.45) is 17.6 Å². The predicted octanol–water partition coefficient (Wildman–Crippen LogP) is 3.06. The second-order valence-corrected chi connectivity index (χ2v) is 9.34. The standard InChI is InChI=1S/C23H21ClN4O3S/c24-18-10-9-17(32-18)21(29)27-16-8-2-7-15-19(16)23(31)28(22(15)30)11-3-5-13-4-1-6-14(12-13)20(25)26/h1-6,8-10,12,15-16,19H,7,11H2,(H3,25,26)(H,27,29)/b5-3+/t15-,16+,19-/m0/s1. The van der Waals surface area contributed by atoms with Crippen LogP contribution in [-0.4, -0.2) is 41.0 Å². The Balaban J connectivity index is 1.46. The number of fused-ring (bicyclic) bond motifs is 1. The monoisotopic (exact) mass is 468 g/mol. The molecule has 3 amide bonds. The lowest BCUT2D eigenvalue weighted by Crippen LogP contribution is -2.45. The highest BCUT2D eigenvalue weighted by molar-refractivity contribution is 7.18. The number of amides is 3. The Hall–Kier alpha value is -3.23. The van der Waals surface area contributed by atoms with E-state index in [9.17, 15) is 14.4 Å². The van der Waals surface area contributed by atoms with E-state index in [2.05, 4.69) is 5.32 Å². The van der Waals surface area contributed by atoms with Crippen LogP contribution in [0.2, 0.25) is 4.34 Å². The van der Waals surface area contributed by atoms with Gasteiger partial charge in [0.15, 0.2) is 0 Å². The molecule has 164 valence electrons. The van der Waals surface area contributed by atoms with E-state index < -0.39 is 17.9 Å². The number of benzene rings is 1. The molecule has 32 heavy (non-hydrogen) atoms. The molecule has 2 aliphatic rings. The second-order valence-electron chi connectivity index (χ2n) is 7.63. The van der Waals surface area contributed by atoms with Crippen LogP contribution in [0, 0.1) is 17.2 Å². The van der Waals surface area contributed by atoms with Crippen molar-refractivity contribution in [3.05, 3.63) is 75.0 Å². The van der Waals surface area contributed by atoms with E-state index in [4.69, 9.17) is 22.7 Å². The van der Waals surface area contributed by atoms with Crippen LogP contribution in [0.25, 0.3) is 6.08 Å². The van der Waals surface area contributed by atoms with Gasteiger partial charge in [0, 0.05) is 12.1 Å². The minimum Gasteiger partial charge on any atom is -0.384 e. The number of allylic oxidation sites excluding steroid dienone is 1. The number of likely N-dealkylation sites (tertiary alicyclic amines) is 1. The van der Waals surface area contributed by atoms with E-state index in [-0.39, 0.29) is 30.1 Å². The number of nitrogen functional groups attached to an aromatic ring is 1. The Morgan fingerprint density at radius 3 is 2.81 bits per heavy atom. The van der Waals surface area contributed by atoms with Crippen LogP contribution in [0.3, 0.4) is 0 Å². The molecule has 9 heteroatoms. The Bertz CT molecular complexity index is 1160. The summed E-state index contributed by atoms with van der Waals surface area (Å²) in [6.07, 6.45) is 7.61. The first kappa shape index (κ1) is 22.0. The van der Waals surface area contributed by atoms with Crippen molar-refractivity contribution < 1.29 is 14.4 Å². The molecule has 0 unspecified atom stereocenters. The van der Waals surface area contributed by atoms with E-state index in [0.717, 1.165) is 16.9 Å². The van der Waals surface area contributed by atoms with E-state index in [1.165, 1.54) is 4.90 Å². The molecular formula is C23H21ClN4O3S. The normalized spacial score (nSPS) is 22.4. The molecule has 0 radical (unpaired) electrons. The first-order valence-corrected chi connectivity index (χ1v) is 11.2. The van der Waals surface area contributed by atoms with Crippen molar-refractivity contribution in [3.63, 3.8) is 0 Å². The Morgan fingerprint density at radius 2 is 2.09 bits per heavy atom. The molecule has 1 aromatic carbocycles. The summed E-state index contributed by atoms with van der Waals surface area (Å²) in [5.74, 6) is -1.98. The molecule has 0 spiro atoms. The van der Waals surface area contributed by atoms with Crippen molar-refractivity contribution in [1.29, 1.82) is 5.41 Å². The summed E-state index contributed by atoms with van der Waals surface area (Å²) in [5, 5.41) is 10.4. The maximum Gasteiger partial charge on any atom is 0.261 e. The number of imide groups is 1. The number of nitrogens with two attached hydrogens (primary N) is 1. The number of hydrogen-bond acceptors (Lipinski definition) is 5. The van der Waals surface area contributed by atoms with Gasteiger partial charge in [0.25, 0.3) is 5.91 Å². The Kier molecular flexibility index (Phi) is 6.25. The maximum atomic E-state index is 13.1. The molecule has 4 N–H and O–H groups in total. The Labute approximate surface area is 194 Å². The zero-order chi connectivity index (χ0) is 22.8. The third-order valence-electron chi connectivity index (χ3n) is 5.58. The van der Waals surface area contributed by atoms with Crippen LogP contribution in [0.1, 0.15) is 27.2 Å². The number of carbonyl (C=O) groups excluding carboxylic acids is 3. The second kappa shape index (κ2) is 9.10. The average Bonchev–Trinajstić information content (AvgIpc) is 3.31. The number of nitrogens with zero attached hydrogens (tertiary/aromatic N) is 1. The molecule has 2 heterocycles. The highest BCUT2D eigenvalue weighted by atomic mass is 35.5. The third-order valence-corrected chi connectivity index (χ3v) is 6.81. The lowest BCUT2D eigenvalue weighted by Gasteiger charge is -2.26. The molecule has 3 atom stereocenters. The van der Waals surface area contributed by atoms with Gasteiger partial charge in [0.2, 0.25) is 11.8 Å². The van der Waals surface area contributed by atoms with Gasteiger partial charge in [0.05, 0.1) is 27.1 Å². The zero-order valence-corrected chi connectivity index (χ0v) is 18.5. The fourth-order valence-electron chi connectivity index (χ4n) is 4.04. The van der Waals surface area contributed by atoms with Gasteiger partial charge in [-0.2, -0.15) is 0 Å². The molecule has 1 aliphatic heterocycles. The number of carbonyl (C=O) groups is 3. The predicted molar refractivity (Wildman–Crippen MR) is 125 cm³/mol. The van der Waals surface area contributed by atoms with Gasteiger partial charge in [-0.15, -0.1) is 11.3 Å². The van der Waals surface area contributed by atoms with Gasteiger partial charge in [-0.05, 0) is 30.2 Å². The number of halogens is 1. The third kappa shape index (κ3) is 4.37. The van der Waals surface area contributed by atoms with Crippen molar-refractivity contribution in [2.75, 3.05) is 6.54 Å². The molecule has 0 bridgehead atoms. The smallest absolute Gasteiger partial charge is 0.261 e. The van der Waals surface area contributed by atoms with E-state index in [1.807, 2.05) is 12.1 Å². The van der Waals surface area contributed by atoms with E-state index in [1.54, 1.807) is 48.6 Å². The molecule has 2 aromatic rings. The van der Waals surface area contributed by atoms with Crippen molar-refractivity contribution in [2.45, 2.75) is 12.5 Å². The molecule has 7 nitrogen and oxygen atoms in total. The van der Waals surface area contributed by atoms with Gasteiger partial charge in [0.1, 0.15) is 5.84 Å². The van der Waals surface area contributed by atoms with Gasteiger partial charge in [-0.25, -0.2) is 0 Å². The summed E-state index contributed by atoms with van der Waals surface area (Å²) in [4.78, 5) is 40.2. The van der Waals surface area contributed by atoms with Gasteiger partial charge in [-0.3, -0.25) is 24.7 Å². The number of amidine groups is 1. The summed E-state index contributed by atoms with van der Waals surface area (Å²) in [6, 6.07) is 9.86.